The first-order valence-electron chi connectivity index (χ1n) is 18.7. The van der Waals surface area contributed by atoms with E-state index in [1.165, 1.54) is 9.36 Å². The largest absolute Gasteiger partial charge is 0.424 e. The van der Waals surface area contributed by atoms with Gasteiger partial charge < -0.3 is 18.8 Å². The third-order valence-corrected chi connectivity index (χ3v) is 10.3. The van der Waals surface area contributed by atoms with E-state index < -0.39 is 58.5 Å². The van der Waals surface area contributed by atoms with Gasteiger partial charge in [-0.15, -0.1) is 10.2 Å². The van der Waals surface area contributed by atoms with E-state index in [0.717, 1.165) is 25.9 Å². The van der Waals surface area contributed by atoms with Crippen molar-refractivity contribution in [2.24, 2.45) is 17.8 Å². The molecule has 1 saturated carbocycles. The van der Waals surface area contributed by atoms with Crippen LogP contribution in [0, 0.1) is 24.7 Å². The number of hydrogen-bond donors (Lipinski definition) is 0. The van der Waals surface area contributed by atoms with E-state index >= 15 is 0 Å². The van der Waals surface area contributed by atoms with Gasteiger partial charge in [0.25, 0.3) is 0 Å². The smallest absolute Gasteiger partial charge is 0.416 e. The van der Waals surface area contributed by atoms with Crippen LogP contribution < -0.4 is 14.4 Å². The van der Waals surface area contributed by atoms with E-state index in [4.69, 9.17) is 13.9 Å². The molecule has 2 aromatic carbocycles. The van der Waals surface area contributed by atoms with E-state index in [-0.39, 0.29) is 46.9 Å². The van der Waals surface area contributed by atoms with Crippen molar-refractivity contribution >= 4 is 21.9 Å². The van der Waals surface area contributed by atoms with Gasteiger partial charge in [-0.25, -0.2) is 9.36 Å². The van der Waals surface area contributed by atoms with Crippen LogP contribution in [0.2, 0.25) is 0 Å². The van der Waals surface area contributed by atoms with Gasteiger partial charge in [0.15, 0.2) is 5.82 Å². The molecular weight excluding hydrogens is 926 g/mol. The summed E-state index contributed by atoms with van der Waals surface area (Å²) in [7, 11) is 0. The lowest BCUT2D eigenvalue weighted by atomic mass is 9.82. The molecule has 4 heterocycles. The van der Waals surface area contributed by atoms with Crippen LogP contribution in [-0.2, 0) is 31.1 Å². The number of benzene rings is 2. The molecule has 5 aromatic rings. The minimum Gasteiger partial charge on any atom is -0.424 e. The van der Waals surface area contributed by atoms with Crippen LogP contribution in [0.1, 0.15) is 86.6 Å². The molecule has 1 unspecified atom stereocenters. The van der Waals surface area contributed by atoms with Gasteiger partial charge in [-0.2, -0.15) is 67.8 Å². The molecule has 3 aromatic heterocycles. The molecule has 2 fully saturated rings. The van der Waals surface area contributed by atoms with Crippen molar-refractivity contribution in [3.63, 3.8) is 0 Å². The molecule has 0 spiro atoms. The number of rotatable bonds is 9. The highest BCUT2D eigenvalue weighted by atomic mass is 79.9. The maximum absolute atomic E-state index is 13.3. The highest BCUT2D eigenvalue weighted by Gasteiger charge is 2.44. The van der Waals surface area contributed by atoms with Crippen molar-refractivity contribution in [3.8, 4) is 23.5 Å². The number of fused-ring (bicyclic) bond motifs is 2. The number of hydrogen-bond acceptors (Lipinski definition) is 10. The van der Waals surface area contributed by atoms with Gasteiger partial charge in [-0.3, -0.25) is 0 Å². The number of anilines is 1. The Morgan fingerprint density at radius 1 is 0.645 bits per heavy atom. The van der Waals surface area contributed by atoms with Gasteiger partial charge in [0.1, 0.15) is 11.5 Å². The second kappa shape index (κ2) is 17.2. The number of aryl methyl sites for hydroxylation is 1. The van der Waals surface area contributed by atoms with Crippen LogP contribution in [-0.4, -0.2) is 52.8 Å². The summed E-state index contributed by atoms with van der Waals surface area (Å²) in [5, 5.41) is 16.4. The van der Waals surface area contributed by atoms with Crippen LogP contribution in [0.15, 0.2) is 45.5 Å². The van der Waals surface area contributed by atoms with Crippen molar-refractivity contribution in [2.75, 3.05) is 18.0 Å². The molecular formula is C37H36BrF12N9O3. The zero-order valence-corrected chi connectivity index (χ0v) is 34.6. The second-order valence-electron chi connectivity index (χ2n) is 15.2. The minimum atomic E-state index is -4.98. The fraction of sp³-hybridized carbons (Fsp3) is 0.514. The summed E-state index contributed by atoms with van der Waals surface area (Å²) in [5.74, 6) is 0.587. The highest BCUT2D eigenvalue weighted by molar-refractivity contribution is 9.10. The molecule has 25 heteroatoms. The summed E-state index contributed by atoms with van der Waals surface area (Å²) in [6, 6.07) is 1.63. The molecule has 62 heavy (non-hydrogen) atoms. The standard InChI is InChI=1S/C24H26F6N6O2.C13H10BrF6N3O/c1-12(2)36-21(38-18-7-16(23(25,26)27)6-17(8-18)24(28,29)30)31-20(34-36)9-19-14-4-5-15(19)11-35(10-14)22-33-32-13(3)37-22;1-6(2)23-11(21-10(14)22-23)24-9-4-7(12(15,16)17)3-8(5-9)13(18,19)20/h6-8,12,14-15,19H,4-5,9-11H2,1-3H3;3-6H,1-2H3/t14-,15+,19?;. The van der Waals surface area contributed by atoms with Crippen molar-refractivity contribution in [1.29, 1.82) is 0 Å². The van der Waals surface area contributed by atoms with Crippen molar-refractivity contribution < 1.29 is 66.6 Å². The molecule has 1 aliphatic carbocycles. The summed E-state index contributed by atoms with van der Waals surface area (Å²) >= 11 is 2.97. The van der Waals surface area contributed by atoms with Crippen LogP contribution in [0.5, 0.6) is 23.5 Å². The lowest BCUT2D eigenvalue weighted by Gasteiger charge is -2.36. The van der Waals surface area contributed by atoms with Crippen LogP contribution in [0.4, 0.5) is 58.7 Å². The lowest BCUT2D eigenvalue weighted by molar-refractivity contribution is -0.144. The van der Waals surface area contributed by atoms with Gasteiger partial charge in [0.2, 0.25) is 10.6 Å². The predicted molar refractivity (Wildman–Crippen MR) is 196 cm³/mol. The van der Waals surface area contributed by atoms with Crippen LogP contribution >= 0.6 is 15.9 Å². The third-order valence-electron chi connectivity index (χ3n) is 9.97. The Balaban J connectivity index is 0.000000230. The van der Waals surface area contributed by atoms with Crippen molar-refractivity contribution in [2.45, 2.75) is 90.7 Å². The van der Waals surface area contributed by atoms with Gasteiger partial charge in [0.05, 0.1) is 34.3 Å². The van der Waals surface area contributed by atoms with Gasteiger partial charge in [-0.05, 0) is 111 Å². The zero-order chi connectivity index (χ0) is 45.7. The number of nitrogens with zero attached hydrogens (tertiary/aromatic N) is 9. The number of halogens is 13. The van der Waals surface area contributed by atoms with Gasteiger partial charge in [-0.1, -0.05) is 5.10 Å². The molecule has 2 aliphatic rings. The molecule has 1 saturated heterocycles. The van der Waals surface area contributed by atoms with Crippen LogP contribution in [0.25, 0.3) is 0 Å². The topological polar surface area (TPSA) is 122 Å². The monoisotopic (exact) mass is 961 g/mol. The molecule has 3 atom stereocenters. The fourth-order valence-electron chi connectivity index (χ4n) is 7.16. The Bertz CT molecular complexity index is 2270. The van der Waals surface area contributed by atoms with E-state index in [1.807, 2.05) is 0 Å². The highest BCUT2D eigenvalue weighted by Crippen LogP contribution is 2.45. The normalized spacial score (nSPS) is 18.4. The minimum absolute atomic E-state index is 0.0238. The first kappa shape index (κ1) is 46.4. The van der Waals surface area contributed by atoms with E-state index in [2.05, 4.69) is 51.2 Å². The molecule has 0 N–H and O–H groups in total. The summed E-state index contributed by atoms with van der Waals surface area (Å²) < 4.78 is 176. The summed E-state index contributed by atoms with van der Waals surface area (Å²) in [4.78, 5) is 10.3. The summed E-state index contributed by atoms with van der Waals surface area (Å²) in [6.07, 6.45) is -17.3. The number of ether oxygens (including phenoxy) is 2. The quantitative estimate of drug-likeness (QED) is 0.132. The average Bonchev–Trinajstić information content (AvgIpc) is 3.91. The number of piperidine rings is 1. The summed E-state index contributed by atoms with van der Waals surface area (Å²) in [5.41, 5.74) is -5.86. The Morgan fingerprint density at radius 3 is 1.45 bits per heavy atom. The maximum Gasteiger partial charge on any atom is 0.416 e. The third kappa shape index (κ3) is 10.9. The summed E-state index contributed by atoms with van der Waals surface area (Å²) in [6.45, 7) is 10.1. The van der Waals surface area contributed by atoms with Gasteiger partial charge >= 0.3 is 42.7 Å². The molecule has 1 aliphatic heterocycles. The Labute approximate surface area is 352 Å². The Morgan fingerprint density at radius 2 is 1.06 bits per heavy atom. The average molecular weight is 963 g/mol. The SMILES string of the molecule is CC(C)n1nc(Br)nc1Oc1cc(C(F)(F)F)cc(C(F)(F)F)c1.Cc1nnc(N2C[C@H]3CC[C@@H](C2)C3Cc2nc(Oc3cc(C(F)(F)F)cc(C(F)(F)F)c3)n(C(C)C)n2)o1. The van der Waals surface area contributed by atoms with Gasteiger partial charge in [0, 0.05) is 26.4 Å². The Kier molecular flexibility index (Phi) is 12.9. The lowest BCUT2D eigenvalue weighted by Crippen LogP contribution is -2.43. The van der Waals surface area contributed by atoms with Crippen molar-refractivity contribution in [3.05, 3.63) is 75.1 Å². The number of aromatic nitrogens is 8. The molecule has 338 valence electrons. The van der Waals surface area contributed by atoms with E-state index in [9.17, 15) is 52.7 Å². The first-order valence-corrected chi connectivity index (χ1v) is 19.5. The van der Waals surface area contributed by atoms with Crippen LogP contribution in [0.3, 0.4) is 0 Å². The molecule has 2 bridgehead atoms. The zero-order valence-electron chi connectivity index (χ0n) is 33.0. The fourth-order valence-corrected chi connectivity index (χ4v) is 7.49. The molecule has 12 nitrogen and oxygen atoms in total. The molecule has 0 amide bonds. The predicted octanol–water partition coefficient (Wildman–Crippen LogP) is 11.5. The molecule has 7 rings (SSSR count). The van der Waals surface area contributed by atoms with Crippen molar-refractivity contribution in [1.82, 2.24) is 39.7 Å². The second-order valence-corrected chi connectivity index (χ2v) is 15.9. The van der Waals surface area contributed by atoms with E-state index in [1.54, 1.807) is 34.6 Å². The Hall–Kier alpha value is -5.10. The number of alkyl halides is 12. The van der Waals surface area contributed by atoms with E-state index in [0.29, 0.717) is 60.3 Å². The molecule has 0 radical (unpaired) electrons. The first-order chi connectivity index (χ1) is 28.6. The maximum atomic E-state index is 13.3.